The number of rotatable bonds is 14. The van der Waals surface area contributed by atoms with E-state index in [-0.39, 0.29) is 29.5 Å². The molecule has 4 nitrogen and oxygen atoms in total. The van der Waals surface area contributed by atoms with Gasteiger partial charge in [-0.25, -0.2) is 0 Å². The maximum absolute atomic E-state index is 12.1. The lowest BCUT2D eigenvalue weighted by molar-refractivity contribution is -0.915. The molecule has 0 radical (unpaired) electrons. The van der Waals surface area contributed by atoms with E-state index in [0.717, 1.165) is 6.54 Å². The summed E-state index contributed by atoms with van der Waals surface area (Å²) >= 11 is 11.9. The molecule has 1 heterocycles. The second kappa shape index (κ2) is 15.3. The summed E-state index contributed by atoms with van der Waals surface area (Å²) in [7, 11) is 0. The zero-order valence-corrected chi connectivity index (χ0v) is 21.3. The molecule has 0 bridgehead atoms. The first-order valence-electron chi connectivity index (χ1n) is 11.2. The van der Waals surface area contributed by atoms with Crippen molar-refractivity contribution in [1.29, 1.82) is 0 Å². The summed E-state index contributed by atoms with van der Waals surface area (Å²) in [5.41, 5.74) is 0. The molecule has 0 atom stereocenters. The van der Waals surface area contributed by atoms with E-state index in [9.17, 15) is 4.79 Å². The highest BCUT2D eigenvalue weighted by Crippen LogP contribution is 2.27. The average molecular weight is 524 g/mol. The summed E-state index contributed by atoms with van der Waals surface area (Å²) in [6.07, 6.45) is 12.1. The number of quaternary nitrogens is 1. The van der Waals surface area contributed by atoms with Crippen LogP contribution in [0.1, 0.15) is 64.7 Å². The van der Waals surface area contributed by atoms with Gasteiger partial charge in [-0.05, 0) is 31.0 Å². The number of carbonyl (C=O) groups excluding carboxylic acids is 1. The summed E-state index contributed by atoms with van der Waals surface area (Å²) < 4.78 is 6.68. The molecule has 1 amide bonds. The Morgan fingerprint density at radius 1 is 1.03 bits per heavy atom. The van der Waals surface area contributed by atoms with Crippen LogP contribution in [0.3, 0.4) is 0 Å². The quantitative estimate of drug-likeness (QED) is 0.301. The van der Waals surface area contributed by atoms with Gasteiger partial charge in [-0.2, -0.15) is 0 Å². The minimum atomic E-state index is -0.107. The first-order valence-corrected chi connectivity index (χ1v) is 12.0. The fraction of sp³-hybridized carbons (Fsp3) is 0.696. The van der Waals surface area contributed by atoms with Gasteiger partial charge in [-0.15, -0.1) is 0 Å². The second-order valence-corrected chi connectivity index (χ2v) is 9.12. The minimum Gasteiger partial charge on any atom is -1.00 e. The third-order valence-electron chi connectivity index (χ3n) is 5.91. The second-order valence-electron chi connectivity index (χ2n) is 8.28. The number of hydrogen-bond donors (Lipinski definition) is 1. The summed E-state index contributed by atoms with van der Waals surface area (Å²) in [4.78, 5) is 12.1. The molecule has 1 saturated heterocycles. The first kappa shape index (κ1) is 27.5. The van der Waals surface area contributed by atoms with E-state index in [1.807, 2.05) is 0 Å². The SMILES string of the molecule is CCCCCCCCC[N+]1(CCNC(=O)COc2ccc(Cl)cc2Cl)CCCC1.[Br-]. The van der Waals surface area contributed by atoms with Crippen LogP contribution in [0.4, 0.5) is 0 Å². The van der Waals surface area contributed by atoms with Gasteiger partial charge >= 0.3 is 0 Å². The number of nitrogens with zero attached hydrogens (tertiary/aromatic N) is 1. The van der Waals surface area contributed by atoms with E-state index in [4.69, 9.17) is 27.9 Å². The van der Waals surface area contributed by atoms with Crippen LogP contribution in [0, 0.1) is 0 Å². The van der Waals surface area contributed by atoms with Crippen molar-refractivity contribution < 1.29 is 31.0 Å². The van der Waals surface area contributed by atoms with Gasteiger partial charge in [0.1, 0.15) is 5.75 Å². The van der Waals surface area contributed by atoms with Crippen molar-refractivity contribution in [2.24, 2.45) is 0 Å². The summed E-state index contributed by atoms with van der Waals surface area (Å²) in [6, 6.07) is 5.00. The van der Waals surface area contributed by atoms with Gasteiger partial charge < -0.3 is 31.5 Å². The number of nitrogens with one attached hydrogen (secondary N) is 1. The zero-order valence-electron chi connectivity index (χ0n) is 18.2. The fourth-order valence-corrected chi connectivity index (χ4v) is 4.65. The molecular formula is C23H37BrCl2N2O2. The predicted octanol–water partition coefficient (Wildman–Crippen LogP) is 2.85. The molecule has 0 spiro atoms. The maximum Gasteiger partial charge on any atom is 0.258 e. The van der Waals surface area contributed by atoms with Gasteiger partial charge in [0.15, 0.2) is 6.61 Å². The van der Waals surface area contributed by atoms with Crippen LogP contribution in [0.2, 0.25) is 10.0 Å². The largest absolute Gasteiger partial charge is 1.00 e. The highest BCUT2D eigenvalue weighted by Gasteiger charge is 2.30. The number of likely N-dealkylation sites (tertiary alicyclic amines) is 1. The van der Waals surface area contributed by atoms with Gasteiger partial charge in [0, 0.05) is 17.9 Å². The molecule has 1 N–H and O–H groups in total. The number of amides is 1. The topological polar surface area (TPSA) is 38.3 Å². The Labute approximate surface area is 203 Å². The summed E-state index contributed by atoms with van der Waals surface area (Å²) in [5, 5.41) is 3.98. The molecule has 0 aliphatic carbocycles. The van der Waals surface area contributed by atoms with Gasteiger partial charge in [0.05, 0.1) is 37.7 Å². The maximum atomic E-state index is 12.1. The van der Waals surface area contributed by atoms with E-state index >= 15 is 0 Å². The lowest BCUT2D eigenvalue weighted by Crippen LogP contribution is -3.00. The van der Waals surface area contributed by atoms with Crippen LogP contribution < -0.4 is 27.0 Å². The number of carbonyl (C=O) groups is 1. The molecule has 1 aliphatic rings. The van der Waals surface area contributed by atoms with E-state index in [0.29, 0.717) is 22.3 Å². The monoisotopic (exact) mass is 522 g/mol. The molecule has 7 heteroatoms. The van der Waals surface area contributed by atoms with Crippen molar-refractivity contribution in [2.75, 3.05) is 39.3 Å². The Balaban J connectivity index is 0.00000450. The standard InChI is InChI=1S/C23H36Cl2N2O2.BrH/c1-2-3-4-5-6-7-8-14-27(15-9-10-16-27)17-13-26-23(28)19-29-22-12-11-20(24)18-21(22)25;/h11-12,18H,2-10,13-17,19H2,1H3;1H. The molecule has 1 fully saturated rings. The molecule has 1 aromatic carbocycles. The Hall–Kier alpha value is -0.490. The Morgan fingerprint density at radius 2 is 1.70 bits per heavy atom. The predicted molar refractivity (Wildman–Crippen MR) is 122 cm³/mol. The van der Waals surface area contributed by atoms with Gasteiger partial charge in [-0.3, -0.25) is 4.79 Å². The summed E-state index contributed by atoms with van der Waals surface area (Å²) in [5.74, 6) is 0.373. The van der Waals surface area contributed by atoms with Crippen LogP contribution in [-0.4, -0.2) is 49.7 Å². The molecule has 0 aromatic heterocycles. The highest BCUT2D eigenvalue weighted by molar-refractivity contribution is 6.35. The molecule has 2 rings (SSSR count). The molecular weight excluding hydrogens is 487 g/mol. The van der Waals surface area contributed by atoms with E-state index in [2.05, 4.69) is 12.2 Å². The Morgan fingerprint density at radius 3 is 2.37 bits per heavy atom. The number of unbranched alkanes of at least 4 members (excludes halogenated alkanes) is 6. The molecule has 172 valence electrons. The van der Waals surface area contributed by atoms with Crippen molar-refractivity contribution in [1.82, 2.24) is 5.32 Å². The van der Waals surface area contributed by atoms with Crippen molar-refractivity contribution in [3.63, 3.8) is 0 Å². The van der Waals surface area contributed by atoms with Gasteiger partial charge in [0.25, 0.3) is 5.91 Å². The molecule has 0 unspecified atom stereocenters. The van der Waals surface area contributed by atoms with Crippen molar-refractivity contribution in [3.05, 3.63) is 28.2 Å². The first-order chi connectivity index (χ1) is 14.0. The van der Waals surface area contributed by atoms with E-state index in [1.54, 1.807) is 18.2 Å². The molecule has 30 heavy (non-hydrogen) atoms. The van der Waals surface area contributed by atoms with Crippen LogP contribution in [-0.2, 0) is 4.79 Å². The van der Waals surface area contributed by atoms with E-state index in [1.165, 1.54) is 81.9 Å². The van der Waals surface area contributed by atoms with Crippen LogP contribution >= 0.6 is 23.2 Å². The van der Waals surface area contributed by atoms with Crippen LogP contribution in [0.15, 0.2) is 18.2 Å². The lowest BCUT2D eigenvalue weighted by Gasteiger charge is -2.34. The average Bonchev–Trinajstić information content (AvgIpc) is 3.15. The van der Waals surface area contributed by atoms with Crippen molar-refractivity contribution in [3.8, 4) is 5.75 Å². The summed E-state index contributed by atoms with van der Waals surface area (Å²) in [6.45, 7) is 7.71. The fourth-order valence-electron chi connectivity index (χ4n) is 4.19. The van der Waals surface area contributed by atoms with Gasteiger partial charge in [0.2, 0.25) is 0 Å². The zero-order chi connectivity index (χ0) is 21.0. The third-order valence-corrected chi connectivity index (χ3v) is 6.44. The third kappa shape index (κ3) is 10.2. The van der Waals surface area contributed by atoms with Gasteiger partial charge in [-0.1, -0.05) is 62.2 Å². The number of halogens is 3. The normalized spacial score (nSPS) is 14.9. The number of ether oxygens (including phenoxy) is 1. The van der Waals surface area contributed by atoms with Crippen molar-refractivity contribution >= 4 is 29.1 Å². The molecule has 1 aliphatic heterocycles. The molecule has 0 saturated carbocycles. The van der Waals surface area contributed by atoms with Crippen molar-refractivity contribution in [2.45, 2.75) is 64.7 Å². The van der Waals surface area contributed by atoms with E-state index < -0.39 is 0 Å². The Bertz CT molecular complexity index is 625. The number of hydrogen-bond acceptors (Lipinski definition) is 2. The molecule has 1 aromatic rings. The minimum absolute atomic E-state index is 0. The smallest absolute Gasteiger partial charge is 0.258 e. The highest BCUT2D eigenvalue weighted by atomic mass is 79.9. The Kier molecular flexibility index (Phi) is 14.1. The van der Waals surface area contributed by atoms with Crippen LogP contribution in [0.5, 0.6) is 5.75 Å². The number of benzene rings is 1. The van der Waals surface area contributed by atoms with Crippen LogP contribution in [0.25, 0.3) is 0 Å². The lowest BCUT2D eigenvalue weighted by atomic mass is 10.1.